The molecule has 0 atom stereocenters. The lowest BCUT2D eigenvalue weighted by atomic mass is 9.96. The Hall–Kier alpha value is -1.06. The Morgan fingerprint density at radius 3 is 2.38 bits per heavy atom. The molecule has 1 saturated carbocycles. The molecule has 72 valence electrons. The average molecular weight is 183 g/mol. The summed E-state index contributed by atoms with van der Waals surface area (Å²) in [5.41, 5.74) is 0. The third-order valence-corrected chi connectivity index (χ3v) is 2.66. The van der Waals surface area contributed by atoms with E-state index in [1.807, 2.05) is 0 Å². The molecule has 0 radical (unpaired) electrons. The van der Waals surface area contributed by atoms with Crippen molar-refractivity contribution in [2.75, 3.05) is 13.1 Å². The van der Waals surface area contributed by atoms with Crippen molar-refractivity contribution in [1.82, 2.24) is 4.90 Å². The molecule has 4 heteroatoms. The maximum atomic E-state index is 11.4. The summed E-state index contributed by atoms with van der Waals surface area (Å²) in [6, 6.07) is 0. The number of carbonyl (C=O) groups is 2. The Bertz CT molecular complexity index is 241. The summed E-state index contributed by atoms with van der Waals surface area (Å²) in [6.45, 7) is 1.31. The molecule has 0 aromatic carbocycles. The van der Waals surface area contributed by atoms with Gasteiger partial charge < -0.3 is 10.0 Å². The fourth-order valence-electron chi connectivity index (χ4n) is 1.71. The van der Waals surface area contributed by atoms with E-state index in [1.54, 1.807) is 4.90 Å². The van der Waals surface area contributed by atoms with E-state index in [1.165, 1.54) is 0 Å². The van der Waals surface area contributed by atoms with E-state index >= 15 is 0 Å². The maximum absolute atomic E-state index is 11.4. The zero-order chi connectivity index (χ0) is 9.42. The van der Waals surface area contributed by atoms with Gasteiger partial charge in [0.05, 0.1) is 6.42 Å². The second kappa shape index (κ2) is 3.01. The molecule has 2 fully saturated rings. The van der Waals surface area contributed by atoms with Crippen LogP contribution in [0, 0.1) is 11.8 Å². The highest BCUT2D eigenvalue weighted by molar-refractivity contribution is 5.82. The van der Waals surface area contributed by atoms with Gasteiger partial charge in [-0.1, -0.05) is 0 Å². The number of nitrogens with zero attached hydrogens (tertiary/aromatic N) is 1. The van der Waals surface area contributed by atoms with Crippen molar-refractivity contribution >= 4 is 11.9 Å². The second-order valence-corrected chi connectivity index (χ2v) is 3.98. The Morgan fingerprint density at radius 1 is 1.31 bits per heavy atom. The third-order valence-electron chi connectivity index (χ3n) is 2.66. The molecule has 1 aliphatic heterocycles. The van der Waals surface area contributed by atoms with Gasteiger partial charge in [0.25, 0.3) is 0 Å². The minimum absolute atomic E-state index is 0.195. The molecular weight excluding hydrogens is 170 g/mol. The van der Waals surface area contributed by atoms with Crippen LogP contribution < -0.4 is 0 Å². The lowest BCUT2D eigenvalue weighted by Gasteiger charge is -2.38. The van der Waals surface area contributed by atoms with Crippen molar-refractivity contribution in [3.8, 4) is 0 Å². The molecule has 2 aliphatic rings. The quantitative estimate of drug-likeness (QED) is 0.686. The summed E-state index contributed by atoms with van der Waals surface area (Å²) in [4.78, 5) is 23.5. The van der Waals surface area contributed by atoms with Crippen molar-refractivity contribution in [2.45, 2.75) is 19.3 Å². The first-order chi connectivity index (χ1) is 6.16. The van der Waals surface area contributed by atoms with Crippen LogP contribution in [-0.2, 0) is 9.59 Å². The molecule has 1 aliphatic carbocycles. The van der Waals surface area contributed by atoms with Crippen LogP contribution in [0.5, 0.6) is 0 Å². The van der Waals surface area contributed by atoms with Gasteiger partial charge in [-0.3, -0.25) is 9.59 Å². The van der Waals surface area contributed by atoms with Gasteiger partial charge in [-0.25, -0.2) is 0 Å². The molecule has 0 bridgehead atoms. The van der Waals surface area contributed by atoms with E-state index in [4.69, 9.17) is 5.11 Å². The largest absolute Gasteiger partial charge is 0.481 e. The van der Waals surface area contributed by atoms with Crippen LogP contribution >= 0.6 is 0 Å². The first kappa shape index (κ1) is 8.53. The van der Waals surface area contributed by atoms with Crippen molar-refractivity contribution in [3.63, 3.8) is 0 Å². The standard InChI is InChI=1S/C9H13NO3/c11-8(12)3-6-4-10(5-6)9(13)7-1-2-7/h6-7H,1-5H2,(H,11,12). The predicted octanol–water partition coefficient (Wildman–Crippen LogP) is 0.329. The number of carbonyl (C=O) groups excluding carboxylic acids is 1. The normalized spacial score (nSPS) is 22.6. The summed E-state index contributed by atoms with van der Waals surface area (Å²) < 4.78 is 0. The van der Waals surface area contributed by atoms with E-state index in [0.29, 0.717) is 13.1 Å². The SMILES string of the molecule is O=C(O)CC1CN(C(=O)C2CC2)C1. The Kier molecular flexibility index (Phi) is 1.98. The molecule has 1 amide bonds. The number of hydrogen-bond donors (Lipinski definition) is 1. The maximum Gasteiger partial charge on any atom is 0.303 e. The van der Waals surface area contributed by atoms with Gasteiger partial charge in [-0.05, 0) is 12.8 Å². The smallest absolute Gasteiger partial charge is 0.303 e. The molecule has 13 heavy (non-hydrogen) atoms. The van der Waals surface area contributed by atoms with Gasteiger partial charge in [0, 0.05) is 24.9 Å². The first-order valence-corrected chi connectivity index (χ1v) is 4.67. The lowest BCUT2D eigenvalue weighted by molar-refractivity contribution is -0.145. The van der Waals surface area contributed by atoms with E-state index in [9.17, 15) is 9.59 Å². The summed E-state index contributed by atoms with van der Waals surface area (Å²) in [5, 5.41) is 8.49. The molecule has 0 aromatic rings. The number of likely N-dealkylation sites (tertiary alicyclic amines) is 1. The average Bonchev–Trinajstić information content (AvgIpc) is 2.75. The van der Waals surface area contributed by atoms with Crippen molar-refractivity contribution in [2.24, 2.45) is 11.8 Å². The first-order valence-electron chi connectivity index (χ1n) is 4.67. The third kappa shape index (κ3) is 1.82. The number of carboxylic acid groups (broad SMARTS) is 1. The second-order valence-electron chi connectivity index (χ2n) is 3.98. The van der Waals surface area contributed by atoms with Crippen LogP contribution in [0.4, 0.5) is 0 Å². The zero-order valence-electron chi connectivity index (χ0n) is 7.40. The highest BCUT2D eigenvalue weighted by Crippen LogP contribution is 2.33. The van der Waals surface area contributed by atoms with Crippen LogP contribution in [0.1, 0.15) is 19.3 Å². The summed E-state index contributed by atoms with van der Waals surface area (Å²) in [5.74, 6) is -0.0591. The van der Waals surface area contributed by atoms with Crippen molar-refractivity contribution in [1.29, 1.82) is 0 Å². The molecule has 1 N–H and O–H groups in total. The summed E-state index contributed by atoms with van der Waals surface area (Å²) >= 11 is 0. The summed E-state index contributed by atoms with van der Waals surface area (Å²) in [7, 11) is 0. The van der Waals surface area contributed by atoms with Gasteiger partial charge in [0.2, 0.25) is 5.91 Å². The number of rotatable bonds is 3. The van der Waals surface area contributed by atoms with Gasteiger partial charge in [-0.15, -0.1) is 0 Å². The van der Waals surface area contributed by atoms with E-state index in [2.05, 4.69) is 0 Å². The molecule has 1 saturated heterocycles. The van der Waals surface area contributed by atoms with E-state index in [-0.39, 0.29) is 24.2 Å². The van der Waals surface area contributed by atoms with E-state index in [0.717, 1.165) is 12.8 Å². The van der Waals surface area contributed by atoms with Gasteiger partial charge in [0.1, 0.15) is 0 Å². The molecule has 1 heterocycles. The van der Waals surface area contributed by atoms with Gasteiger partial charge in [0.15, 0.2) is 0 Å². The van der Waals surface area contributed by atoms with Crippen LogP contribution in [0.25, 0.3) is 0 Å². The Labute approximate surface area is 76.5 Å². The topological polar surface area (TPSA) is 57.6 Å². The Morgan fingerprint density at radius 2 is 1.92 bits per heavy atom. The number of carboxylic acids is 1. The van der Waals surface area contributed by atoms with Crippen molar-refractivity contribution in [3.05, 3.63) is 0 Å². The highest BCUT2D eigenvalue weighted by atomic mass is 16.4. The number of aliphatic carboxylic acids is 1. The molecule has 2 rings (SSSR count). The van der Waals surface area contributed by atoms with Crippen molar-refractivity contribution < 1.29 is 14.7 Å². The van der Waals surface area contributed by atoms with Crippen LogP contribution in [0.3, 0.4) is 0 Å². The molecular formula is C9H13NO3. The molecule has 0 aromatic heterocycles. The fourth-order valence-corrected chi connectivity index (χ4v) is 1.71. The van der Waals surface area contributed by atoms with Gasteiger partial charge >= 0.3 is 5.97 Å². The summed E-state index contributed by atoms with van der Waals surface area (Å²) in [6.07, 6.45) is 2.26. The zero-order valence-corrected chi connectivity index (χ0v) is 7.40. The minimum atomic E-state index is -0.761. The number of hydrogen-bond acceptors (Lipinski definition) is 2. The minimum Gasteiger partial charge on any atom is -0.481 e. The molecule has 0 unspecified atom stereocenters. The molecule has 0 spiro atoms. The fraction of sp³-hybridized carbons (Fsp3) is 0.778. The van der Waals surface area contributed by atoms with Crippen LogP contribution in [0.2, 0.25) is 0 Å². The monoisotopic (exact) mass is 183 g/mol. The van der Waals surface area contributed by atoms with Crippen LogP contribution in [-0.4, -0.2) is 35.0 Å². The molecule has 4 nitrogen and oxygen atoms in total. The van der Waals surface area contributed by atoms with E-state index < -0.39 is 5.97 Å². The van der Waals surface area contributed by atoms with Crippen LogP contribution in [0.15, 0.2) is 0 Å². The Balaban J connectivity index is 1.71. The lowest BCUT2D eigenvalue weighted by Crippen LogP contribution is -2.51. The highest BCUT2D eigenvalue weighted by Gasteiger charge is 2.39. The predicted molar refractivity (Wildman–Crippen MR) is 45.0 cm³/mol. The van der Waals surface area contributed by atoms with Gasteiger partial charge in [-0.2, -0.15) is 0 Å². The number of amides is 1.